The van der Waals surface area contributed by atoms with Crippen molar-refractivity contribution in [3.8, 4) is 0 Å². The Bertz CT molecular complexity index is 1090. The second-order valence-corrected chi connectivity index (χ2v) is 7.40. The highest BCUT2D eigenvalue weighted by Crippen LogP contribution is 2.50. The number of carbonyl (C=O) groups is 2. The van der Waals surface area contributed by atoms with Gasteiger partial charge in [-0.3, -0.25) is 24.5 Å². The molecule has 6 rings (SSSR count). The normalized spacial score (nSPS) is 22.4. The van der Waals surface area contributed by atoms with Crippen molar-refractivity contribution in [2.24, 2.45) is 0 Å². The van der Waals surface area contributed by atoms with E-state index >= 15 is 0 Å². The van der Waals surface area contributed by atoms with Crippen LogP contribution in [-0.4, -0.2) is 44.3 Å². The molecule has 0 radical (unpaired) electrons. The average Bonchev–Trinajstić information content (AvgIpc) is 3.13. The molecule has 2 bridgehead atoms. The summed E-state index contributed by atoms with van der Waals surface area (Å²) in [5.41, 5.74) is 0.614. The standard InChI is InChI=1S/C20H18N6O3/c1-26-16-15(22-6-7-23-16)12-9-20(10-12,19(26)28)25-17(27)18-24-11-14(29-18)8-13-4-2-3-5-21-13/h2-7,11-12H,8-10H2,1H3,(H,25,27). The van der Waals surface area contributed by atoms with Gasteiger partial charge in [0.2, 0.25) is 0 Å². The molecule has 0 unspecified atom stereocenters. The van der Waals surface area contributed by atoms with Crippen LogP contribution in [0.25, 0.3) is 0 Å². The summed E-state index contributed by atoms with van der Waals surface area (Å²) >= 11 is 0. The molecule has 2 aliphatic heterocycles. The van der Waals surface area contributed by atoms with Gasteiger partial charge in [0, 0.05) is 43.7 Å². The number of aromatic nitrogens is 4. The number of oxazole rings is 1. The van der Waals surface area contributed by atoms with E-state index in [1.54, 1.807) is 25.6 Å². The van der Waals surface area contributed by atoms with E-state index in [1.807, 2.05) is 18.2 Å². The van der Waals surface area contributed by atoms with Gasteiger partial charge in [-0.15, -0.1) is 0 Å². The van der Waals surface area contributed by atoms with Crippen LogP contribution in [-0.2, 0) is 11.2 Å². The topological polar surface area (TPSA) is 114 Å². The van der Waals surface area contributed by atoms with Crippen LogP contribution in [0.3, 0.4) is 0 Å². The maximum Gasteiger partial charge on any atom is 0.308 e. The third kappa shape index (κ3) is 2.86. The SMILES string of the molecule is CN1C(=O)C2(NC(=O)c3ncc(Cc4ccccn4)o3)CC(C2)c2nccnc21. The molecule has 9 nitrogen and oxygen atoms in total. The molecule has 29 heavy (non-hydrogen) atoms. The fourth-order valence-electron chi connectivity index (χ4n) is 4.06. The molecule has 3 aromatic rings. The Hall–Kier alpha value is -3.62. The predicted octanol–water partition coefficient (Wildman–Crippen LogP) is 1.47. The lowest BCUT2D eigenvalue weighted by Gasteiger charge is -2.44. The van der Waals surface area contributed by atoms with Gasteiger partial charge in [-0.05, 0) is 25.0 Å². The first-order valence-corrected chi connectivity index (χ1v) is 9.32. The minimum Gasteiger partial charge on any atom is -0.437 e. The number of carbonyl (C=O) groups excluding carboxylic acids is 2. The van der Waals surface area contributed by atoms with Gasteiger partial charge in [0.25, 0.3) is 11.8 Å². The average molecular weight is 390 g/mol. The summed E-state index contributed by atoms with van der Waals surface area (Å²) in [5, 5.41) is 2.85. The lowest BCUT2D eigenvalue weighted by atomic mass is 9.67. The van der Waals surface area contributed by atoms with E-state index in [-0.39, 0.29) is 17.7 Å². The van der Waals surface area contributed by atoms with Crippen LogP contribution >= 0.6 is 0 Å². The quantitative estimate of drug-likeness (QED) is 0.717. The predicted molar refractivity (Wildman–Crippen MR) is 101 cm³/mol. The Morgan fingerprint density at radius 1 is 1.21 bits per heavy atom. The smallest absolute Gasteiger partial charge is 0.308 e. The number of hydrogen-bond donors (Lipinski definition) is 1. The highest BCUT2D eigenvalue weighted by molar-refractivity contribution is 6.05. The van der Waals surface area contributed by atoms with Crippen molar-refractivity contribution < 1.29 is 14.0 Å². The van der Waals surface area contributed by atoms with Crippen LogP contribution in [0.4, 0.5) is 5.82 Å². The third-order valence-corrected chi connectivity index (χ3v) is 5.50. The summed E-state index contributed by atoms with van der Waals surface area (Å²) in [6, 6.07) is 5.59. The Morgan fingerprint density at radius 2 is 2.03 bits per heavy atom. The lowest BCUT2D eigenvalue weighted by Crippen LogP contribution is -2.64. The molecule has 3 aliphatic rings. The van der Waals surface area contributed by atoms with Crippen molar-refractivity contribution in [3.05, 3.63) is 66.0 Å². The van der Waals surface area contributed by atoms with Gasteiger partial charge in [0.1, 0.15) is 11.3 Å². The van der Waals surface area contributed by atoms with Gasteiger partial charge < -0.3 is 9.73 Å². The molecule has 0 atom stereocenters. The Balaban J connectivity index is 1.34. The van der Waals surface area contributed by atoms with Crippen LogP contribution in [0.5, 0.6) is 0 Å². The van der Waals surface area contributed by atoms with Gasteiger partial charge in [0.05, 0.1) is 11.9 Å². The summed E-state index contributed by atoms with van der Waals surface area (Å²) < 4.78 is 5.60. The van der Waals surface area contributed by atoms with E-state index in [4.69, 9.17) is 4.42 Å². The number of amides is 2. The zero-order valence-electron chi connectivity index (χ0n) is 15.7. The zero-order chi connectivity index (χ0) is 20.0. The second kappa shape index (κ2) is 6.47. The summed E-state index contributed by atoms with van der Waals surface area (Å²) in [5.74, 6) is 0.373. The number of nitrogens with zero attached hydrogens (tertiary/aromatic N) is 5. The maximum atomic E-state index is 13.1. The zero-order valence-corrected chi connectivity index (χ0v) is 15.7. The molecule has 0 spiro atoms. The van der Waals surface area contributed by atoms with Crippen molar-refractivity contribution in [2.75, 3.05) is 11.9 Å². The molecule has 0 aromatic carbocycles. The molecule has 3 aromatic heterocycles. The van der Waals surface area contributed by atoms with E-state index in [1.165, 1.54) is 11.1 Å². The molecule has 0 saturated heterocycles. The summed E-state index contributed by atoms with van der Waals surface area (Å²) in [4.78, 5) is 44.3. The highest BCUT2D eigenvalue weighted by Gasteiger charge is 2.57. The summed E-state index contributed by atoms with van der Waals surface area (Å²) in [6.07, 6.45) is 7.78. The molecule has 1 aliphatic carbocycles. The van der Waals surface area contributed by atoms with Gasteiger partial charge >= 0.3 is 5.91 Å². The van der Waals surface area contributed by atoms with Gasteiger partial charge in [-0.1, -0.05) is 6.07 Å². The number of likely N-dealkylation sites (N-methyl/N-ethyl adjacent to an activating group) is 1. The number of pyridine rings is 1. The van der Waals surface area contributed by atoms with Crippen LogP contribution in [0.15, 0.2) is 47.4 Å². The van der Waals surface area contributed by atoms with Crippen LogP contribution in [0.2, 0.25) is 0 Å². The van der Waals surface area contributed by atoms with Gasteiger partial charge in [0.15, 0.2) is 5.82 Å². The molecule has 1 N–H and O–H groups in total. The third-order valence-electron chi connectivity index (χ3n) is 5.50. The molecule has 2 amide bonds. The molecule has 146 valence electrons. The highest BCUT2D eigenvalue weighted by atomic mass is 16.4. The molecular weight excluding hydrogens is 372 g/mol. The van der Waals surface area contributed by atoms with Crippen molar-refractivity contribution in [2.45, 2.75) is 30.7 Å². The Kier molecular flexibility index (Phi) is 3.90. The first-order valence-electron chi connectivity index (χ1n) is 9.32. The molecule has 1 saturated carbocycles. The van der Waals surface area contributed by atoms with Crippen molar-refractivity contribution in [1.82, 2.24) is 25.3 Å². The minimum absolute atomic E-state index is 0.0674. The van der Waals surface area contributed by atoms with Crippen molar-refractivity contribution >= 4 is 17.6 Å². The summed E-state index contributed by atoms with van der Waals surface area (Å²) in [7, 11) is 1.65. The second-order valence-electron chi connectivity index (χ2n) is 7.40. The molecule has 9 heteroatoms. The number of rotatable bonds is 4. The van der Waals surface area contributed by atoms with Crippen LogP contribution in [0, 0.1) is 0 Å². The fourth-order valence-corrected chi connectivity index (χ4v) is 4.06. The number of hydrogen-bond acceptors (Lipinski definition) is 7. The van der Waals surface area contributed by atoms with E-state index in [2.05, 4.69) is 25.3 Å². The molecule has 1 fully saturated rings. The fraction of sp³-hybridized carbons (Fsp3) is 0.300. The van der Waals surface area contributed by atoms with E-state index < -0.39 is 11.4 Å². The first kappa shape index (κ1) is 17.5. The maximum absolute atomic E-state index is 13.1. The number of fused-ring (bicyclic) bond motifs is 1. The van der Waals surface area contributed by atoms with Crippen molar-refractivity contribution in [1.29, 1.82) is 0 Å². The minimum atomic E-state index is -0.992. The Labute approximate surface area is 166 Å². The largest absolute Gasteiger partial charge is 0.437 e. The Morgan fingerprint density at radius 3 is 2.83 bits per heavy atom. The van der Waals surface area contributed by atoms with Gasteiger partial charge in [-0.2, -0.15) is 0 Å². The number of anilines is 1. The molecule has 5 heterocycles. The van der Waals surface area contributed by atoms with Gasteiger partial charge in [-0.25, -0.2) is 9.97 Å². The number of nitrogens with one attached hydrogen (secondary N) is 1. The van der Waals surface area contributed by atoms with Crippen LogP contribution < -0.4 is 10.2 Å². The first-order chi connectivity index (χ1) is 14.1. The lowest BCUT2D eigenvalue weighted by molar-refractivity contribution is -0.127. The summed E-state index contributed by atoms with van der Waals surface area (Å²) in [6.45, 7) is 0. The van der Waals surface area contributed by atoms with E-state index in [0.717, 1.165) is 11.4 Å². The van der Waals surface area contributed by atoms with E-state index in [9.17, 15) is 9.59 Å². The van der Waals surface area contributed by atoms with E-state index in [0.29, 0.717) is 30.8 Å². The monoisotopic (exact) mass is 390 g/mol. The van der Waals surface area contributed by atoms with Crippen molar-refractivity contribution in [3.63, 3.8) is 0 Å². The van der Waals surface area contributed by atoms with Crippen LogP contribution in [0.1, 0.15) is 46.6 Å². The molecular formula is C20H18N6O3.